The van der Waals surface area contributed by atoms with Gasteiger partial charge in [0.2, 0.25) is 5.91 Å². The first-order valence-corrected chi connectivity index (χ1v) is 2.39. The van der Waals surface area contributed by atoms with Gasteiger partial charge in [-0.1, -0.05) is 5.57 Å². The summed E-state index contributed by atoms with van der Waals surface area (Å²) in [7, 11) is -0.0530. The molecular weight excluding hydrogens is 102 g/mol. The topological polar surface area (TPSA) is 29.1 Å². The molecule has 8 heavy (non-hydrogen) atoms. The maximum absolute atomic E-state index is 10.5. The minimum atomic E-state index is -0.190. The monoisotopic (exact) mass is 114 g/mol. The number of amides is 1. The molecule has 0 aromatic heterocycles. The number of rotatable bonds is 1. The zero-order chi connectivity index (χ0) is 7.28. The van der Waals surface area contributed by atoms with E-state index in [1.165, 1.54) is 6.08 Å². The van der Waals surface area contributed by atoms with Crippen molar-refractivity contribution in [1.82, 2.24) is 5.32 Å². The van der Waals surface area contributed by atoms with Gasteiger partial charge in [0.25, 0.3) is 0 Å². The Hall–Kier alpha value is -0.790. The van der Waals surface area contributed by atoms with Crippen LogP contribution in [0.1, 0.15) is 15.2 Å². The summed E-state index contributed by atoms with van der Waals surface area (Å²) in [4.78, 5) is 10.5. The Morgan fingerprint density at radius 1 is 1.75 bits per heavy atom. The second kappa shape index (κ2) is 3.24. The fraction of sp³-hybridized carbons (Fsp3) is 0.500. The third-order valence-corrected chi connectivity index (χ3v) is 0.594. The molecule has 1 amide bonds. The summed E-state index contributed by atoms with van der Waals surface area (Å²) in [5, 5.41) is 2.33. The number of carbonyl (C=O) groups is 1. The Labute approximate surface area is 51.0 Å². The van der Waals surface area contributed by atoms with Gasteiger partial charge in [0, 0.05) is 14.5 Å². The first-order chi connectivity index (χ1) is 4.16. The van der Waals surface area contributed by atoms with Crippen LogP contribution in [0.15, 0.2) is 11.6 Å². The predicted molar refractivity (Wildman–Crippen MR) is 33.5 cm³/mol. The molecule has 2 nitrogen and oxygen atoms in total. The highest BCUT2D eigenvalue weighted by molar-refractivity contribution is 5.87. The Balaban J connectivity index is 3.63. The maximum atomic E-state index is 10.5. The van der Waals surface area contributed by atoms with Crippen LogP contribution >= 0.6 is 0 Å². The van der Waals surface area contributed by atoms with E-state index >= 15 is 0 Å². The molecule has 0 aromatic rings. The van der Waals surface area contributed by atoms with Crippen molar-refractivity contribution in [3.05, 3.63) is 11.6 Å². The molecule has 0 rings (SSSR count). The summed E-state index contributed by atoms with van der Waals surface area (Å²) in [5.74, 6) is -0.190. The third-order valence-electron chi connectivity index (χ3n) is 0.594. The van der Waals surface area contributed by atoms with Gasteiger partial charge in [-0.05, 0) is 13.8 Å². The van der Waals surface area contributed by atoms with Crippen LogP contribution < -0.4 is 5.32 Å². The lowest BCUT2D eigenvalue weighted by Gasteiger charge is -1.89. The molecule has 0 aliphatic heterocycles. The lowest BCUT2D eigenvalue weighted by molar-refractivity contribution is -0.116. The van der Waals surface area contributed by atoms with Crippen LogP contribution in [0.3, 0.4) is 0 Å². The highest BCUT2D eigenvalue weighted by Gasteiger charge is 1.86. The first-order valence-electron chi connectivity index (χ1n) is 3.09. The Morgan fingerprint density at radius 3 is 2.75 bits per heavy atom. The first kappa shape index (κ1) is 5.35. The van der Waals surface area contributed by atoms with E-state index in [-0.39, 0.29) is 12.9 Å². The van der Waals surface area contributed by atoms with E-state index < -0.39 is 0 Å². The van der Waals surface area contributed by atoms with Crippen molar-refractivity contribution < 1.29 is 6.17 Å². The maximum Gasteiger partial charge on any atom is 0.243 e. The molecule has 0 unspecified atom stereocenters. The second-order valence-electron chi connectivity index (χ2n) is 1.76. The lowest BCUT2D eigenvalue weighted by Crippen LogP contribution is -2.14. The number of likely N-dealkylation sites (N-methyl/N-ethyl adjacent to an activating group) is 1. The van der Waals surface area contributed by atoms with E-state index in [9.17, 15) is 4.79 Å². The molecular formula is C6H11NO. The molecule has 0 atom stereocenters. The minimum absolute atomic E-state index is 0.0530. The standard InChI is InChI=1S/C6H11NO/c1-5(2)4-6(8)7-3/h4H,1-3H3,(H,7,8)/i3D. The van der Waals surface area contributed by atoms with Crippen LogP contribution in [0, 0.1) is 0 Å². The quantitative estimate of drug-likeness (QED) is 0.499. The molecule has 0 aliphatic carbocycles. The normalized spacial score (nSPS) is 9.50. The molecule has 1 N–H and O–H groups in total. The van der Waals surface area contributed by atoms with E-state index in [0.717, 1.165) is 5.57 Å². The highest BCUT2D eigenvalue weighted by atomic mass is 16.1. The highest BCUT2D eigenvalue weighted by Crippen LogP contribution is 1.85. The summed E-state index contributed by atoms with van der Waals surface area (Å²) in [6.07, 6.45) is 1.47. The summed E-state index contributed by atoms with van der Waals surface area (Å²) >= 11 is 0. The van der Waals surface area contributed by atoms with E-state index in [0.29, 0.717) is 0 Å². The smallest absolute Gasteiger partial charge is 0.243 e. The van der Waals surface area contributed by atoms with Gasteiger partial charge in [-0.15, -0.1) is 0 Å². The number of carbonyl (C=O) groups excluding carboxylic acids is 1. The van der Waals surface area contributed by atoms with E-state index in [4.69, 9.17) is 1.37 Å². The van der Waals surface area contributed by atoms with Crippen molar-refractivity contribution in [3.63, 3.8) is 0 Å². The van der Waals surface area contributed by atoms with Crippen molar-refractivity contribution >= 4 is 5.91 Å². The van der Waals surface area contributed by atoms with Gasteiger partial charge in [0.05, 0.1) is 0 Å². The van der Waals surface area contributed by atoms with Gasteiger partial charge in [-0.3, -0.25) is 4.79 Å². The molecule has 0 radical (unpaired) electrons. The van der Waals surface area contributed by atoms with Crippen molar-refractivity contribution in [1.29, 1.82) is 0 Å². The van der Waals surface area contributed by atoms with E-state index in [2.05, 4.69) is 5.32 Å². The zero-order valence-corrected chi connectivity index (χ0v) is 5.19. The number of hydrogen-bond acceptors (Lipinski definition) is 1. The Morgan fingerprint density at radius 2 is 2.38 bits per heavy atom. The average Bonchev–Trinajstić information content (AvgIpc) is 1.63. The van der Waals surface area contributed by atoms with Crippen LogP contribution in [0.25, 0.3) is 0 Å². The molecule has 0 fully saturated rings. The second-order valence-corrected chi connectivity index (χ2v) is 1.76. The largest absolute Gasteiger partial charge is 0.356 e. The Kier molecular flexibility index (Phi) is 2.17. The van der Waals surface area contributed by atoms with Crippen LogP contribution in [0.5, 0.6) is 0 Å². The molecule has 0 aromatic carbocycles. The van der Waals surface area contributed by atoms with Gasteiger partial charge in [0.1, 0.15) is 0 Å². The Bertz CT molecular complexity index is 127. The number of hydrogen-bond donors (Lipinski definition) is 1. The number of allylic oxidation sites excluding steroid dienone is 1. The van der Waals surface area contributed by atoms with E-state index in [1.54, 1.807) is 0 Å². The lowest BCUT2D eigenvalue weighted by atomic mass is 10.3. The van der Waals surface area contributed by atoms with Gasteiger partial charge < -0.3 is 5.32 Å². The van der Waals surface area contributed by atoms with Gasteiger partial charge in [-0.2, -0.15) is 0 Å². The number of nitrogens with one attached hydrogen (secondary N) is 1. The van der Waals surface area contributed by atoms with Crippen LogP contribution in [-0.2, 0) is 4.79 Å². The summed E-state index contributed by atoms with van der Waals surface area (Å²) in [5.41, 5.74) is 0.945. The molecule has 46 valence electrons. The minimum Gasteiger partial charge on any atom is -0.356 e. The summed E-state index contributed by atoms with van der Waals surface area (Å²) in [6, 6.07) is 0. The average molecular weight is 114 g/mol. The van der Waals surface area contributed by atoms with Crippen molar-refractivity contribution in [2.45, 2.75) is 13.8 Å². The van der Waals surface area contributed by atoms with Gasteiger partial charge >= 0.3 is 0 Å². The molecule has 0 aliphatic rings. The van der Waals surface area contributed by atoms with E-state index in [1.807, 2.05) is 13.8 Å². The third kappa shape index (κ3) is 3.40. The fourth-order valence-corrected chi connectivity index (χ4v) is 0.313. The zero-order valence-electron chi connectivity index (χ0n) is 6.19. The summed E-state index contributed by atoms with van der Waals surface area (Å²) < 4.78 is 6.62. The molecule has 0 heterocycles. The van der Waals surface area contributed by atoms with Crippen molar-refractivity contribution in [3.8, 4) is 0 Å². The van der Waals surface area contributed by atoms with Gasteiger partial charge in [0.15, 0.2) is 0 Å². The SMILES string of the molecule is [2H]CNC(=O)C=C(C)C. The van der Waals surface area contributed by atoms with Gasteiger partial charge in [-0.25, -0.2) is 0 Å². The van der Waals surface area contributed by atoms with Crippen LogP contribution in [-0.4, -0.2) is 12.9 Å². The molecule has 2 heteroatoms. The molecule has 0 saturated carbocycles. The van der Waals surface area contributed by atoms with Crippen LogP contribution in [0.2, 0.25) is 0 Å². The molecule has 0 spiro atoms. The van der Waals surface area contributed by atoms with Crippen LogP contribution in [0.4, 0.5) is 0 Å². The van der Waals surface area contributed by atoms with Crippen molar-refractivity contribution in [2.75, 3.05) is 7.02 Å². The predicted octanol–water partition coefficient (Wildman–Crippen LogP) is 0.699. The molecule has 0 bridgehead atoms. The molecule has 0 saturated heterocycles. The van der Waals surface area contributed by atoms with Crippen molar-refractivity contribution in [2.24, 2.45) is 0 Å². The summed E-state index contributed by atoms with van der Waals surface area (Å²) in [6.45, 7) is 3.67. The fourth-order valence-electron chi connectivity index (χ4n) is 0.313.